The van der Waals surface area contributed by atoms with E-state index in [1.54, 1.807) is 18.3 Å². The molecular formula is C19H19ClN4O3S2. The molecule has 10 heteroatoms. The van der Waals surface area contributed by atoms with Gasteiger partial charge in [0.2, 0.25) is 5.89 Å². The van der Waals surface area contributed by atoms with E-state index >= 15 is 0 Å². The van der Waals surface area contributed by atoms with Gasteiger partial charge in [-0.3, -0.25) is 0 Å². The molecule has 0 N–H and O–H groups in total. The van der Waals surface area contributed by atoms with E-state index in [2.05, 4.69) is 21.8 Å². The second-order valence-corrected chi connectivity index (χ2v) is 10.4. The Morgan fingerprint density at radius 1 is 1.38 bits per heavy atom. The van der Waals surface area contributed by atoms with Gasteiger partial charge in [-0.15, -0.1) is 16.8 Å². The van der Waals surface area contributed by atoms with Crippen LogP contribution < -0.4 is 0 Å². The largest absolute Gasteiger partial charge is 0.440 e. The number of halogens is 1. The van der Waals surface area contributed by atoms with Crippen molar-refractivity contribution in [2.75, 3.05) is 11.5 Å². The molecular weight excluding hydrogens is 432 g/mol. The molecule has 1 aliphatic rings. The highest BCUT2D eigenvalue weighted by atomic mass is 35.5. The first-order chi connectivity index (χ1) is 13.9. The van der Waals surface area contributed by atoms with Crippen LogP contribution in [0.15, 0.2) is 52.7 Å². The minimum atomic E-state index is -3.00. The Bertz CT molecular complexity index is 1140. The lowest BCUT2D eigenvalue weighted by Crippen LogP contribution is -2.11. The fourth-order valence-electron chi connectivity index (χ4n) is 3.29. The molecule has 152 valence electrons. The summed E-state index contributed by atoms with van der Waals surface area (Å²) >= 11 is 7.47. The lowest BCUT2D eigenvalue weighted by atomic mass is 10.1. The number of aromatic nitrogens is 4. The van der Waals surface area contributed by atoms with Gasteiger partial charge in [-0.05, 0) is 18.6 Å². The Morgan fingerprint density at radius 3 is 2.97 bits per heavy atom. The fourth-order valence-corrected chi connectivity index (χ4v) is 6.02. The van der Waals surface area contributed by atoms with Crippen LogP contribution in [0.1, 0.15) is 24.1 Å². The van der Waals surface area contributed by atoms with E-state index in [1.807, 2.05) is 22.8 Å². The molecule has 3 aromatic rings. The average Bonchev–Trinajstić information content (AvgIpc) is 3.39. The molecule has 0 aliphatic carbocycles. The summed E-state index contributed by atoms with van der Waals surface area (Å²) in [6.07, 6.45) is 4.00. The lowest BCUT2D eigenvalue weighted by Gasteiger charge is -2.10. The zero-order chi connectivity index (χ0) is 20.4. The Kier molecular flexibility index (Phi) is 5.80. The number of nitrogens with zero attached hydrogens (tertiary/aromatic N) is 4. The Balaban J connectivity index is 1.49. The first kappa shape index (κ1) is 20.2. The number of hydrogen-bond donors (Lipinski definition) is 0. The average molecular weight is 451 g/mol. The monoisotopic (exact) mass is 450 g/mol. The molecule has 29 heavy (non-hydrogen) atoms. The van der Waals surface area contributed by atoms with Gasteiger partial charge in [0.15, 0.2) is 20.8 Å². The molecule has 1 fully saturated rings. The number of rotatable bonds is 7. The molecule has 0 unspecified atom stereocenters. The van der Waals surface area contributed by atoms with Crippen molar-refractivity contribution in [2.24, 2.45) is 0 Å². The molecule has 0 radical (unpaired) electrons. The third-order valence-electron chi connectivity index (χ3n) is 4.64. The molecule has 1 aliphatic heterocycles. The summed E-state index contributed by atoms with van der Waals surface area (Å²) in [6, 6.07) is 7.39. The molecule has 1 aromatic carbocycles. The van der Waals surface area contributed by atoms with Crippen molar-refractivity contribution < 1.29 is 12.8 Å². The molecule has 0 bridgehead atoms. The maximum atomic E-state index is 11.8. The number of allylic oxidation sites excluding steroid dienone is 1. The topological polar surface area (TPSA) is 90.9 Å². The van der Waals surface area contributed by atoms with E-state index in [0.29, 0.717) is 46.4 Å². The number of hydrogen-bond acceptors (Lipinski definition) is 7. The number of sulfone groups is 1. The Hall–Kier alpha value is -2.10. The number of thioether (sulfide) groups is 1. The van der Waals surface area contributed by atoms with Crippen molar-refractivity contribution in [3.63, 3.8) is 0 Å². The van der Waals surface area contributed by atoms with Crippen LogP contribution in [0.4, 0.5) is 0 Å². The summed E-state index contributed by atoms with van der Waals surface area (Å²) in [5.74, 6) is 2.56. The second-order valence-electron chi connectivity index (χ2n) is 6.76. The Morgan fingerprint density at radius 2 is 2.24 bits per heavy atom. The highest BCUT2D eigenvalue weighted by Crippen LogP contribution is 2.31. The molecule has 4 rings (SSSR count). The summed E-state index contributed by atoms with van der Waals surface area (Å²) in [4.78, 5) is 4.33. The van der Waals surface area contributed by atoms with Crippen LogP contribution >= 0.6 is 23.4 Å². The van der Waals surface area contributed by atoms with Crippen LogP contribution in [0.5, 0.6) is 0 Å². The third kappa shape index (κ3) is 4.57. The summed E-state index contributed by atoms with van der Waals surface area (Å²) in [5, 5.41) is 9.86. The highest BCUT2D eigenvalue weighted by Gasteiger charge is 2.33. The molecule has 0 amide bonds. The predicted octanol–water partition coefficient (Wildman–Crippen LogP) is 3.97. The zero-order valence-corrected chi connectivity index (χ0v) is 17.9. The van der Waals surface area contributed by atoms with Crippen molar-refractivity contribution in [1.82, 2.24) is 19.7 Å². The highest BCUT2D eigenvalue weighted by molar-refractivity contribution is 7.98. The van der Waals surface area contributed by atoms with E-state index in [9.17, 15) is 8.42 Å². The van der Waals surface area contributed by atoms with Crippen LogP contribution in [-0.2, 0) is 22.1 Å². The standard InChI is InChI=1S/C19H19ClN4O3S2/c1-2-7-24-18(14-6-8-29(25,26)12-14)22-23-19(24)28-11-17-21-10-16(27-17)13-4-3-5-15(20)9-13/h2-5,9-10,14H,1,6-8,11-12H2/t14-/m1/s1. The van der Waals surface area contributed by atoms with E-state index < -0.39 is 9.84 Å². The fraction of sp³-hybridized carbons (Fsp3) is 0.316. The number of benzene rings is 1. The van der Waals surface area contributed by atoms with Gasteiger partial charge in [0.1, 0.15) is 5.82 Å². The summed E-state index contributed by atoms with van der Waals surface area (Å²) < 4.78 is 31.4. The molecule has 0 saturated carbocycles. The summed E-state index contributed by atoms with van der Waals surface area (Å²) in [6.45, 7) is 4.30. The van der Waals surface area contributed by atoms with Gasteiger partial charge in [0.25, 0.3) is 0 Å². The Labute approximate surface area is 178 Å². The molecule has 2 aromatic heterocycles. The maximum Gasteiger partial charge on any atom is 0.205 e. The normalized spacial score (nSPS) is 18.2. The van der Waals surface area contributed by atoms with Gasteiger partial charge in [-0.25, -0.2) is 13.4 Å². The molecule has 0 spiro atoms. The van der Waals surface area contributed by atoms with Gasteiger partial charge in [0, 0.05) is 23.0 Å². The van der Waals surface area contributed by atoms with E-state index in [1.165, 1.54) is 11.8 Å². The van der Waals surface area contributed by atoms with Crippen molar-refractivity contribution in [1.29, 1.82) is 0 Å². The van der Waals surface area contributed by atoms with E-state index in [-0.39, 0.29) is 17.4 Å². The van der Waals surface area contributed by atoms with Gasteiger partial charge in [0.05, 0.1) is 23.5 Å². The van der Waals surface area contributed by atoms with Crippen molar-refractivity contribution >= 4 is 33.2 Å². The predicted molar refractivity (Wildman–Crippen MR) is 113 cm³/mol. The van der Waals surface area contributed by atoms with Crippen LogP contribution in [0.2, 0.25) is 5.02 Å². The summed E-state index contributed by atoms with van der Waals surface area (Å²) in [5.41, 5.74) is 0.862. The van der Waals surface area contributed by atoms with Crippen molar-refractivity contribution in [3.05, 3.63) is 59.9 Å². The van der Waals surface area contributed by atoms with E-state index in [4.69, 9.17) is 16.0 Å². The first-order valence-corrected chi connectivity index (χ1v) is 12.2. The molecule has 3 heterocycles. The lowest BCUT2D eigenvalue weighted by molar-refractivity contribution is 0.529. The van der Waals surface area contributed by atoms with Gasteiger partial charge in [-0.1, -0.05) is 41.6 Å². The van der Waals surface area contributed by atoms with Crippen LogP contribution in [-0.4, -0.2) is 39.7 Å². The van der Waals surface area contributed by atoms with Crippen molar-refractivity contribution in [3.8, 4) is 11.3 Å². The van der Waals surface area contributed by atoms with Crippen LogP contribution in [0.25, 0.3) is 11.3 Å². The van der Waals surface area contributed by atoms with Gasteiger partial charge < -0.3 is 8.98 Å². The molecule has 7 nitrogen and oxygen atoms in total. The van der Waals surface area contributed by atoms with E-state index in [0.717, 1.165) is 5.56 Å². The minimum absolute atomic E-state index is 0.121. The summed E-state index contributed by atoms with van der Waals surface area (Å²) in [7, 11) is -3.00. The zero-order valence-electron chi connectivity index (χ0n) is 15.5. The SMILES string of the molecule is C=CCn1c(SCc2ncc(-c3cccc(Cl)c3)o2)nnc1[C@@H]1CCS(=O)(=O)C1. The third-order valence-corrected chi connectivity index (χ3v) is 7.60. The quantitative estimate of drug-likeness (QED) is 0.397. The van der Waals surface area contributed by atoms with Crippen molar-refractivity contribution in [2.45, 2.75) is 29.8 Å². The maximum absolute atomic E-state index is 11.8. The molecule has 1 atom stereocenters. The second kappa shape index (κ2) is 8.33. The number of oxazole rings is 1. The van der Waals surface area contributed by atoms with Crippen LogP contribution in [0.3, 0.4) is 0 Å². The van der Waals surface area contributed by atoms with Crippen LogP contribution in [0, 0.1) is 0 Å². The van der Waals surface area contributed by atoms with Gasteiger partial charge in [-0.2, -0.15) is 0 Å². The smallest absolute Gasteiger partial charge is 0.205 e. The van der Waals surface area contributed by atoms with Gasteiger partial charge >= 0.3 is 0 Å². The first-order valence-electron chi connectivity index (χ1n) is 9.03. The molecule has 1 saturated heterocycles. The minimum Gasteiger partial charge on any atom is -0.440 e.